The Morgan fingerprint density at radius 1 is 1.31 bits per heavy atom. The lowest BCUT2D eigenvalue weighted by atomic mass is 10.2. The second-order valence-corrected chi connectivity index (χ2v) is 4.20. The summed E-state index contributed by atoms with van der Waals surface area (Å²) in [6, 6.07) is 10.5. The molecule has 1 aromatic carbocycles. The zero-order valence-corrected chi connectivity index (χ0v) is 9.50. The number of rotatable bonds is 4. The van der Waals surface area contributed by atoms with E-state index in [9.17, 15) is 0 Å². The average Bonchev–Trinajstić information content (AvgIpc) is 2.66. The molecule has 0 aliphatic heterocycles. The van der Waals surface area contributed by atoms with Crippen molar-refractivity contribution in [2.24, 2.45) is 5.73 Å². The van der Waals surface area contributed by atoms with Gasteiger partial charge in [-0.1, -0.05) is 30.3 Å². The van der Waals surface area contributed by atoms with Crippen molar-refractivity contribution >= 4 is 0 Å². The average molecular weight is 215 g/mol. The molecule has 1 aromatic heterocycles. The van der Waals surface area contributed by atoms with Crippen LogP contribution >= 0.6 is 0 Å². The maximum absolute atomic E-state index is 5.74. The molecule has 2 N–H and O–H groups in total. The molecule has 0 spiro atoms. The molecular formula is C13H17N3. The first-order valence-corrected chi connectivity index (χ1v) is 5.54. The predicted molar refractivity (Wildman–Crippen MR) is 65.1 cm³/mol. The van der Waals surface area contributed by atoms with Crippen LogP contribution in [0.1, 0.15) is 18.2 Å². The van der Waals surface area contributed by atoms with Gasteiger partial charge in [0.15, 0.2) is 0 Å². The van der Waals surface area contributed by atoms with Crippen molar-refractivity contribution < 1.29 is 0 Å². The minimum atomic E-state index is 0.167. The van der Waals surface area contributed by atoms with E-state index in [1.807, 2.05) is 19.3 Å². The third-order valence-corrected chi connectivity index (χ3v) is 2.43. The quantitative estimate of drug-likeness (QED) is 0.845. The smallest absolute Gasteiger partial charge is 0.0952 e. The van der Waals surface area contributed by atoms with E-state index in [0.29, 0.717) is 0 Å². The highest BCUT2D eigenvalue weighted by Gasteiger charge is 2.02. The molecule has 3 heteroatoms. The zero-order valence-electron chi connectivity index (χ0n) is 9.50. The Morgan fingerprint density at radius 3 is 2.75 bits per heavy atom. The fourth-order valence-electron chi connectivity index (χ4n) is 1.72. The first-order valence-electron chi connectivity index (χ1n) is 5.54. The van der Waals surface area contributed by atoms with Crippen LogP contribution in [-0.2, 0) is 13.0 Å². The maximum Gasteiger partial charge on any atom is 0.0952 e. The standard InChI is InChI=1S/C13H17N3/c1-11(14)7-13-9-16(10-15-13)8-12-5-3-2-4-6-12/h2-6,9-11H,7-8,14H2,1H3/t11-/m1/s1. The van der Waals surface area contributed by atoms with Crippen LogP contribution in [0.5, 0.6) is 0 Å². The molecule has 2 rings (SSSR count). The van der Waals surface area contributed by atoms with Gasteiger partial charge in [-0.25, -0.2) is 4.98 Å². The number of nitrogens with zero attached hydrogens (tertiary/aromatic N) is 2. The Morgan fingerprint density at radius 2 is 2.06 bits per heavy atom. The fraction of sp³-hybridized carbons (Fsp3) is 0.308. The van der Waals surface area contributed by atoms with Crippen LogP contribution in [0.15, 0.2) is 42.9 Å². The van der Waals surface area contributed by atoms with Crippen LogP contribution in [0.4, 0.5) is 0 Å². The number of hydrogen-bond acceptors (Lipinski definition) is 2. The lowest BCUT2D eigenvalue weighted by molar-refractivity contribution is 0.723. The predicted octanol–water partition coefficient (Wildman–Crippen LogP) is 1.82. The first kappa shape index (κ1) is 10.9. The van der Waals surface area contributed by atoms with E-state index in [-0.39, 0.29) is 6.04 Å². The van der Waals surface area contributed by atoms with Gasteiger partial charge < -0.3 is 10.3 Å². The molecular weight excluding hydrogens is 198 g/mol. The summed E-state index contributed by atoms with van der Waals surface area (Å²) in [6.07, 6.45) is 4.77. The monoisotopic (exact) mass is 215 g/mol. The van der Waals surface area contributed by atoms with Crippen molar-refractivity contribution in [1.82, 2.24) is 9.55 Å². The molecule has 0 amide bonds. The lowest BCUT2D eigenvalue weighted by Gasteiger charge is -2.02. The maximum atomic E-state index is 5.74. The minimum Gasteiger partial charge on any atom is -0.333 e. The van der Waals surface area contributed by atoms with Gasteiger partial charge in [-0.05, 0) is 12.5 Å². The van der Waals surface area contributed by atoms with Crippen LogP contribution in [0.25, 0.3) is 0 Å². The number of imidazole rings is 1. The summed E-state index contributed by atoms with van der Waals surface area (Å²) in [5, 5.41) is 0. The molecule has 3 nitrogen and oxygen atoms in total. The van der Waals surface area contributed by atoms with E-state index in [1.54, 1.807) is 0 Å². The molecule has 1 heterocycles. The molecule has 84 valence electrons. The Bertz CT molecular complexity index is 431. The highest BCUT2D eigenvalue weighted by atomic mass is 15.0. The van der Waals surface area contributed by atoms with E-state index in [0.717, 1.165) is 18.7 Å². The summed E-state index contributed by atoms with van der Waals surface area (Å²) in [5.74, 6) is 0. The molecule has 2 aromatic rings. The van der Waals surface area contributed by atoms with E-state index in [2.05, 4.69) is 40.0 Å². The summed E-state index contributed by atoms with van der Waals surface area (Å²) < 4.78 is 2.09. The molecule has 0 aliphatic rings. The minimum absolute atomic E-state index is 0.167. The second-order valence-electron chi connectivity index (χ2n) is 4.20. The molecule has 0 bridgehead atoms. The Labute approximate surface area is 95.9 Å². The van der Waals surface area contributed by atoms with Crippen LogP contribution in [-0.4, -0.2) is 15.6 Å². The highest BCUT2D eigenvalue weighted by Crippen LogP contribution is 2.04. The van der Waals surface area contributed by atoms with Gasteiger partial charge in [-0.2, -0.15) is 0 Å². The van der Waals surface area contributed by atoms with Gasteiger partial charge in [0.1, 0.15) is 0 Å². The van der Waals surface area contributed by atoms with Crippen LogP contribution in [0.2, 0.25) is 0 Å². The number of nitrogens with two attached hydrogens (primary N) is 1. The summed E-state index contributed by atoms with van der Waals surface area (Å²) >= 11 is 0. The Hall–Kier alpha value is -1.61. The molecule has 0 radical (unpaired) electrons. The normalized spacial score (nSPS) is 12.6. The van der Waals surface area contributed by atoms with Gasteiger partial charge in [0, 0.05) is 25.2 Å². The third-order valence-electron chi connectivity index (χ3n) is 2.43. The molecule has 0 aliphatic carbocycles. The van der Waals surface area contributed by atoms with E-state index >= 15 is 0 Å². The summed E-state index contributed by atoms with van der Waals surface area (Å²) in [7, 11) is 0. The van der Waals surface area contributed by atoms with Gasteiger partial charge in [0.25, 0.3) is 0 Å². The van der Waals surface area contributed by atoms with Crippen molar-refractivity contribution in [2.75, 3.05) is 0 Å². The third kappa shape index (κ3) is 2.94. The molecule has 0 fully saturated rings. The number of benzene rings is 1. The Balaban J connectivity index is 2.03. The van der Waals surface area contributed by atoms with Crippen molar-refractivity contribution in [3.63, 3.8) is 0 Å². The van der Waals surface area contributed by atoms with E-state index in [1.165, 1.54) is 5.56 Å². The molecule has 0 saturated carbocycles. The molecule has 1 atom stereocenters. The number of aromatic nitrogens is 2. The summed E-state index contributed by atoms with van der Waals surface area (Å²) in [6.45, 7) is 2.86. The van der Waals surface area contributed by atoms with Gasteiger partial charge in [-0.3, -0.25) is 0 Å². The van der Waals surface area contributed by atoms with Crippen molar-refractivity contribution in [2.45, 2.75) is 25.9 Å². The molecule has 0 saturated heterocycles. The van der Waals surface area contributed by atoms with E-state index in [4.69, 9.17) is 5.73 Å². The lowest BCUT2D eigenvalue weighted by Crippen LogP contribution is -2.17. The Kier molecular flexibility index (Phi) is 3.37. The topological polar surface area (TPSA) is 43.8 Å². The summed E-state index contributed by atoms with van der Waals surface area (Å²) in [4.78, 5) is 4.34. The second kappa shape index (κ2) is 4.94. The van der Waals surface area contributed by atoms with Crippen molar-refractivity contribution in [3.05, 3.63) is 54.1 Å². The van der Waals surface area contributed by atoms with Crippen LogP contribution in [0, 0.1) is 0 Å². The SMILES string of the molecule is C[C@@H](N)Cc1cn(Cc2ccccc2)cn1. The zero-order chi connectivity index (χ0) is 11.4. The molecule has 16 heavy (non-hydrogen) atoms. The van der Waals surface area contributed by atoms with E-state index < -0.39 is 0 Å². The van der Waals surface area contributed by atoms with Crippen molar-refractivity contribution in [1.29, 1.82) is 0 Å². The first-order chi connectivity index (χ1) is 7.74. The van der Waals surface area contributed by atoms with Gasteiger partial charge in [0.2, 0.25) is 0 Å². The van der Waals surface area contributed by atoms with Gasteiger partial charge in [0.05, 0.1) is 12.0 Å². The highest BCUT2D eigenvalue weighted by molar-refractivity contribution is 5.15. The fourth-order valence-corrected chi connectivity index (χ4v) is 1.72. The molecule has 0 unspecified atom stereocenters. The van der Waals surface area contributed by atoms with Gasteiger partial charge in [-0.15, -0.1) is 0 Å². The van der Waals surface area contributed by atoms with Crippen molar-refractivity contribution in [3.8, 4) is 0 Å². The van der Waals surface area contributed by atoms with Crippen LogP contribution in [0.3, 0.4) is 0 Å². The summed E-state index contributed by atoms with van der Waals surface area (Å²) in [5.41, 5.74) is 8.08. The number of hydrogen-bond donors (Lipinski definition) is 1. The van der Waals surface area contributed by atoms with Crippen LogP contribution < -0.4 is 5.73 Å². The largest absolute Gasteiger partial charge is 0.333 e. The van der Waals surface area contributed by atoms with Gasteiger partial charge >= 0.3 is 0 Å².